The number of likely N-dealkylation sites (tertiary alicyclic amines) is 2. The van der Waals surface area contributed by atoms with Crippen molar-refractivity contribution in [1.82, 2.24) is 40.0 Å². The first kappa shape index (κ1) is 36.3. The number of imidazole rings is 2. The molecule has 2 aromatic heterocycles. The number of piperidine rings is 1. The van der Waals surface area contributed by atoms with Gasteiger partial charge in [-0.1, -0.05) is 66.7 Å². The van der Waals surface area contributed by atoms with Gasteiger partial charge in [-0.2, -0.15) is 0 Å². The van der Waals surface area contributed by atoms with Gasteiger partial charge in [0.1, 0.15) is 23.7 Å². The van der Waals surface area contributed by atoms with Gasteiger partial charge in [0.15, 0.2) is 0 Å². The molecule has 6 heterocycles. The van der Waals surface area contributed by atoms with Gasteiger partial charge >= 0.3 is 6.09 Å². The number of rotatable bonds is 8. The summed E-state index contributed by atoms with van der Waals surface area (Å²) in [5, 5.41) is 2.71. The van der Waals surface area contributed by atoms with Crippen molar-refractivity contribution in [3.8, 4) is 22.3 Å². The Balaban J connectivity index is 0.853. The van der Waals surface area contributed by atoms with E-state index in [0.29, 0.717) is 6.42 Å². The monoisotopic (exact) mass is 776 g/mol. The Morgan fingerprint density at radius 3 is 1.95 bits per heavy atom. The molecule has 0 spiro atoms. The van der Waals surface area contributed by atoms with Crippen LogP contribution < -0.4 is 5.32 Å². The Morgan fingerprint density at radius 1 is 0.707 bits per heavy atom. The molecule has 0 radical (unpaired) electrons. The summed E-state index contributed by atoms with van der Waals surface area (Å²) in [6.07, 6.45) is 6.71. The van der Waals surface area contributed by atoms with Crippen LogP contribution >= 0.6 is 0 Å². The normalized spacial score (nSPS) is 22.8. The van der Waals surface area contributed by atoms with Gasteiger partial charge in [-0.15, -0.1) is 0 Å². The number of carbonyl (C=O) groups is 3. The van der Waals surface area contributed by atoms with Crippen molar-refractivity contribution in [2.75, 3.05) is 26.7 Å². The highest BCUT2D eigenvalue weighted by Crippen LogP contribution is 2.41. The smallest absolute Gasteiger partial charge is 0.407 e. The minimum absolute atomic E-state index is 0.0741. The number of aromatic nitrogens is 4. The van der Waals surface area contributed by atoms with Crippen LogP contribution in [-0.2, 0) is 14.3 Å². The predicted octanol–water partition coefficient (Wildman–Crippen LogP) is 7.82. The van der Waals surface area contributed by atoms with E-state index >= 15 is 0 Å². The maximum Gasteiger partial charge on any atom is 0.407 e. The molecule has 6 aromatic rings. The van der Waals surface area contributed by atoms with Crippen LogP contribution in [0.3, 0.4) is 0 Å². The van der Waals surface area contributed by atoms with Crippen molar-refractivity contribution in [3.05, 3.63) is 108 Å². The quantitative estimate of drug-likeness (QED) is 0.143. The molecule has 12 heteroatoms. The fourth-order valence-electron chi connectivity index (χ4n) is 9.97. The van der Waals surface area contributed by atoms with Crippen molar-refractivity contribution >= 4 is 40.0 Å². The van der Waals surface area contributed by atoms with Crippen LogP contribution in [0.4, 0.5) is 4.79 Å². The summed E-state index contributed by atoms with van der Waals surface area (Å²) in [4.78, 5) is 63.1. The van der Waals surface area contributed by atoms with Crippen LogP contribution in [0.2, 0.25) is 0 Å². The molecule has 4 fully saturated rings. The number of nitrogens with zero attached hydrogens (tertiary/aromatic N) is 5. The molecule has 3 amide bonds. The molecular weight excluding hydrogens is 729 g/mol. The molecule has 0 unspecified atom stereocenters. The number of ether oxygens (including phenoxy) is 1. The Kier molecular flexibility index (Phi) is 9.43. The molecule has 3 N–H and O–H groups in total. The van der Waals surface area contributed by atoms with Gasteiger partial charge in [-0.3, -0.25) is 14.5 Å². The SMILES string of the molecule is COC(=O)N[C@H]1CC[C@H]2CC[C@@H](c3nc4ccc(-c5ccc(-c6ccc7nc([C@@H]8CCCN8C(=O)[C@@H](c8ccccc8)N8CCCC8)[nH]c7c6)cc5)cc4[nH]3)N2C1=O. The zero-order valence-electron chi connectivity index (χ0n) is 32.7. The van der Waals surface area contributed by atoms with Crippen LogP contribution in [0.1, 0.15) is 86.7 Å². The fourth-order valence-corrected chi connectivity index (χ4v) is 9.97. The second-order valence-electron chi connectivity index (χ2n) is 16.3. The lowest BCUT2D eigenvalue weighted by molar-refractivity contribution is -0.140. The van der Waals surface area contributed by atoms with Crippen LogP contribution in [-0.4, -0.2) is 91.4 Å². The maximum absolute atomic E-state index is 14.3. The van der Waals surface area contributed by atoms with E-state index in [-0.39, 0.29) is 36.0 Å². The van der Waals surface area contributed by atoms with Crippen LogP contribution in [0.5, 0.6) is 0 Å². The number of methoxy groups -OCH3 is 1. The lowest BCUT2D eigenvalue weighted by Gasteiger charge is -2.37. The first-order valence-electron chi connectivity index (χ1n) is 20.8. The highest BCUT2D eigenvalue weighted by Gasteiger charge is 2.45. The zero-order chi connectivity index (χ0) is 39.3. The second kappa shape index (κ2) is 15.1. The Hall–Kier alpha value is -6.01. The number of fused-ring (bicyclic) bond motifs is 3. The summed E-state index contributed by atoms with van der Waals surface area (Å²) >= 11 is 0. The van der Waals surface area contributed by atoms with E-state index in [1.807, 2.05) is 29.2 Å². The molecule has 4 aromatic carbocycles. The van der Waals surface area contributed by atoms with E-state index in [0.717, 1.165) is 126 Å². The molecule has 5 atom stereocenters. The molecule has 4 aliphatic rings. The van der Waals surface area contributed by atoms with Gasteiger partial charge in [0.25, 0.3) is 0 Å². The number of alkyl carbamates (subject to hydrolysis) is 1. The van der Waals surface area contributed by atoms with Crippen molar-refractivity contribution in [1.29, 1.82) is 0 Å². The Bertz CT molecular complexity index is 2490. The summed E-state index contributed by atoms with van der Waals surface area (Å²) in [5.74, 6) is 1.73. The van der Waals surface area contributed by atoms with Crippen molar-refractivity contribution in [3.63, 3.8) is 0 Å². The van der Waals surface area contributed by atoms with Crippen molar-refractivity contribution < 1.29 is 19.1 Å². The van der Waals surface area contributed by atoms with Gasteiger partial charge in [0.05, 0.1) is 41.3 Å². The van der Waals surface area contributed by atoms with Crippen molar-refractivity contribution in [2.24, 2.45) is 0 Å². The van der Waals surface area contributed by atoms with Crippen LogP contribution in [0, 0.1) is 0 Å². The molecule has 0 aliphatic carbocycles. The highest BCUT2D eigenvalue weighted by atomic mass is 16.5. The number of nitrogens with one attached hydrogen (secondary N) is 3. The first-order chi connectivity index (χ1) is 28.4. The Morgan fingerprint density at radius 2 is 1.31 bits per heavy atom. The number of carbonyl (C=O) groups excluding carboxylic acids is 3. The van der Waals surface area contributed by atoms with Crippen LogP contribution in [0.15, 0.2) is 91.0 Å². The number of hydrogen-bond acceptors (Lipinski definition) is 7. The largest absolute Gasteiger partial charge is 0.453 e. The highest BCUT2D eigenvalue weighted by molar-refractivity contribution is 5.88. The summed E-state index contributed by atoms with van der Waals surface area (Å²) in [5.41, 5.74) is 9.05. The zero-order valence-corrected chi connectivity index (χ0v) is 32.7. The predicted molar refractivity (Wildman–Crippen MR) is 221 cm³/mol. The number of H-pyrrole nitrogens is 2. The number of aromatic amines is 2. The summed E-state index contributed by atoms with van der Waals surface area (Å²) in [6.45, 7) is 2.63. The lowest BCUT2D eigenvalue weighted by Crippen LogP contribution is -2.54. The van der Waals surface area contributed by atoms with Gasteiger partial charge in [-0.05, 0) is 117 Å². The number of hydrogen-bond donors (Lipinski definition) is 3. The van der Waals surface area contributed by atoms with Gasteiger partial charge in [-0.25, -0.2) is 14.8 Å². The molecule has 58 heavy (non-hydrogen) atoms. The molecule has 12 nitrogen and oxygen atoms in total. The van der Waals surface area contributed by atoms with E-state index in [9.17, 15) is 14.4 Å². The third kappa shape index (κ3) is 6.58. The molecule has 0 bridgehead atoms. The molecule has 0 saturated carbocycles. The molecule has 4 aliphatic heterocycles. The first-order valence-corrected chi connectivity index (χ1v) is 20.8. The third-order valence-corrected chi connectivity index (χ3v) is 12.9. The van der Waals surface area contributed by atoms with Crippen molar-refractivity contribution in [2.45, 2.75) is 81.6 Å². The minimum atomic E-state index is -0.587. The van der Waals surface area contributed by atoms with E-state index in [4.69, 9.17) is 14.7 Å². The van der Waals surface area contributed by atoms with Crippen LogP contribution in [0.25, 0.3) is 44.3 Å². The number of benzene rings is 4. The fraction of sp³-hybridized carbons (Fsp3) is 0.370. The van der Waals surface area contributed by atoms with E-state index in [1.54, 1.807) is 0 Å². The lowest BCUT2D eigenvalue weighted by atomic mass is 9.98. The van der Waals surface area contributed by atoms with Gasteiger partial charge in [0.2, 0.25) is 11.8 Å². The topological polar surface area (TPSA) is 140 Å². The average Bonchev–Trinajstić information content (AvgIpc) is 4.11. The maximum atomic E-state index is 14.3. The van der Waals surface area contributed by atoms with E-state index < -0.39 is 12.1 Å². The summed E-state index contributed by atoms with van der Waals surface area (Å²) in [7, 11) is 1.31. The summed E-state index contributed by atoms with van der Waals surface area (Å²) in [6, 6.07) is 30.5. The molecule has 296 valence electrons. The van der Waals surface area contributed by atoms with E-state index in [2.05, 4.69) is 91.8 Å². The number of amides is 3. The van der Waals surface area contributed by atoms with E-state index in [1.165, 1.54) is 7.11 Å². The second-order valence-corrected chi connectivity index (χ2v) is 16.3. The molecular formula is C46H48N8O4. The average molecular weight is 777 g/mol. The van der Waals surface area contributed by atoms with Gasteiger partial charge in [0, 0.05) is 12.6 Å². The summed E-state index contributed by atoms with van der Waals surface area (Å²) < 4.78 is 4.76. The standard InChI is InChI=1S/C46H48N8O4/c1-58-46(57)51-36-21-17-33-18-22-40(54(33)44(36)55)43-48-35-20-16-32(27-38(35)50-43)29-13-11-28(12-14-29)31-15-19-34-37(26-31)49-42(47-34)39-10-7-25-53(39)45(56)41(52-23-5-6-24-52)30-8-3-2-4-9-30/h2-4,8-9,11-16,19-20,26-27,33,36,39-41H,5-7,10,17-18,21-25H2,1H3,(H,47,49)(H,48,50)(H,51,57)/t33-,36-,39-,40-,41+/m0/s1. The Labute approximate surface area is 337 Å². The molecule has 10 rings (SSSR count). The third-order valence-electron chi connectivity index (χ3n) is 12.9. The molecule has 4 saturated heterocycles. The minimum Gasteiger partial charge on any atom is -0.453 e. The van der Waals surface area contributed by atoms with Gasteiger partial charge < -0.3 is 29.8 Å².